The molecule has 0 aliphatic heterocycles. The van der Waals surface area contributed by atoms with Crippen LogP contribution in [0, 0.1) is 11.8 Å². The van der Waals surface area contributed by atoms with E-state index in [1.807, 2.05) is 18.2 Å². The van der Waals surface area contributed by atoms with Gasteiger partial charge >= 0.3 is 0 Å². The molecule has 2 nitrogen and oxygen atoms in total. The highest BCUT2D eigenvalue weighted by atomic mass is 79.9. The van der Waals surface area contributed by atoms with Gasteiger partial charge in [0, 0.05) is 10.9 Å². The number of hydrogen-bond donors (Lipinski definition) is 1. The Morgan fingerprint density at radius 2 is 2.22 bits per heavy atom. The molecule has 1 aromatic rings. The molecule has 0 heterocycles. The van der Waals surface area contributed by atoms with E-state index in [0.717, 1.165) is 23.1 Å². The Kier molecular flexibility index (Phi) is 4.93. The molecule has 1 saturated carbocycles. The van der Waals surface area contributed by atoms with Crippen LogP contribution in [0.15, 0.2) is 22.7 Å². The van der Waals surface area contributed by atoms with Gasteiger partial charge in [-0.1, -0.05) is 24.9 Å². The average Bonchev–Trinajstić information content (AvgIpc) is 2.33. The molecule has 0 radical (unpaired) electrons. The number of ether oxygens (including phenoxy) is 1. The minimum Gasteiger partial charge on any atom is -0.489 e. The van der Waals surface area contributed by atoms with Gasteiger partial charge in [0.05, 0.1) is 4.47 Å². The van der Waals surface area contributed by atoms with E-state index in [1.54, 1.807) is 0 Å². The van der Waals surface area contributed by atoms with Crippen LogP contribution in [-0.4, -0.2) is 12.6 Å². The van der Waals surface area contributed by atoms with Crippen molar-refractivity contribution >= 4 is 27.5 Å². The van der Waals surface area contributed by atoms with Crippen molar-refractivity contribution in [3.05, 3.63) is 27.7 Å². The molecule has 3 unspecified atom stereocenters. The smallest absolute Gasteiger partial charge is 0.134 e. The summed E-state index contributed by atoms with van der Waals surface area (Å²) in [5, 5.41) is 0.710. The van der Waals surface area contributed by atoms with Crippen LogP contribution < -0.4 is 10.5 Å². The minimum absolute atomic E-state index is 0.219. The fourth-order valence-corrected chi connectivity index (χ4v) is 3.32. The van der Waals surface area contributed by atoms with Crippen LogP contribution in [0.2, 0.25) is 5.02 Å². The summed E-state index contributed by atoms with van der Waals surface area (Å²) in [6.45, 7) is 2.97. The largest absolute Gasteiger partial charge is 0.489 e. The zero-order valence-corrected chi connectivity index (χ0v) is 12.9. The van der Waals surface area contributed by atoms with Crippen molar-refractivity contribution in [1.29, 1.82) is 0 Å². The van der Waals surface area contributed by atoms with Crippen LogP contribution in [0.25, 0.3) is 0 Å². The van der Waals surface area contributed by atoms with E-state index in [-0.39, 0.29) is 6.10 Å². The highest BCUT2D eigenvalue weighted by Gasteiger charge is 2.29. The maximum absolute atomic E-state index is 6.13. The summed E-state index contributed by atoms with van der Waals surface area (Å²) in [4.78, 5) is 0. The van der Waals surface area contributed by atoms with Crippen LogP contribution in [-0.2, 0) is 0 Å². The molecule has 0 saturated heterocycles. The number of rotatable bonds is 3. The van der Waals surface area contributed by atoms with Gasteiger partial charge in [-0.15, -0.1) is 0 Å². The molecule has 1 aromatic carbocycles. The average molecular weight is 333 g/mol. The van der Waals surface area contributed by atoms with Crippen molar-refractivity contribution in [2.45, 2.75) is 32.3 Å². The molecular formula is C14H19BrClNO. The Labute approximate surface area is 122 Å². The second kappa shape index (κ2) is 6.27. The molecule has 0 bridgehead atoms. The zero-order valence-electron chi connectivity index (χ0n) is 10.5. The van der Waals surface area contributed by atoms with E-state index in [1.165, 1.54) is 6.42 Å². The first kappa shape index (κ1) is 14.2. The van der Waals surface area contributed by atoms with E-state index in [4.69, 9.17) is 22.1 Å². The number of halogens is 2. The third kappa shape index (κ3) is 3.40. The first-order valence-electron chi connectivity index (χ1n) is 6.42. The van der Waals surface area contributed by atoms with Gasteiger partial charge in [0.25, 0.3) is 0 Å². The van der Waals surface area contributed by atoms with Gasteiger partial charge in [-0.3, -0.25) is 0 Å². The summed E-state index contributed by atoms with van der Waals surface area (Å²) < 4.78 is 7.04. The van der Waals surface area contributed by atoms with Crippen LogP contribution in [0.4, 0.5) is 0 Å². The van der Waals surface area contributed by atoms with E-state index in [0.29, 0.717) is 23.4 Å². The molecule has 4 heteroatoms. The highest BCUT2D eigenvalue weighted by Crippen LogP contribution is 2.35. The molecule has 2 N–H and O–H groups in total. The molecule has 0 spiro atoms. The molecule has 0 aromatic heterocycles. The van der Waals surface area contributed by atoms with Crippen LogP contribution in [0.1, 0.15) is 26.2 Å². The van der Waals surface area contributed by atoms with Crippen LogP contribution in [0.3, 0.4) is 0 Å². The molecule has 18 heavy (non-hydrogen) atoms. The Morgan fingerprint density at radius 3 is 2.89 bits per heavy atom. The van der Waals surface area contributed by atoms with E-state index >= 15 is 0 Å². The van der Waals surface area contributed by atoms with Crippen molar-refractivity contribution in [3.63, 3.8) is 0 Å². The Hall–Kier alpha value is -0.250. The Morgan fingerprint density at radius 1 is 1.44 bits per heavy atom. The zero-order chi connectivity index (χ0) is 13.1. The van der Waals surface area contributed by atoms with Crippen molar-refractivity contribution < 1.29 is 4.74 Å². The molecule has 1 aliphatic carbocycles. The van der Waals surface area contributed by atoms with Crippen molar-refractivity contribution in [1.82, 2.24) is 0 Å². The van der Waals surface area contributed by atoms with Gasteiger partial charge in [0.2, 0.25) is 0 Å². The SMILES string of the molecule is CC1CCC(CN)C(Oc2ccc(Cl)cc2Br)C1. The van der Waals surface area contributed by atoms with E-state index in [9.17, 15) is 0 Å². The number of hydrogen-bond acceptors (Lipinski definition) is 2. The molecule has 0 amide bonds. The van der Waals surface area contributed by atoms with Crippen LogP contribution in [0.5, 0.6) is 5.75 Å². The second-order valence-corrected chi connectivity index (χ2v) is 6.44. The number of benzene rings is 1. The Bertz CT molecular complexity index is 413. The van der Waals surface area contributed by atoms with Crippen molar-refractivity contribution in [2.75, 3.05) is 6.54 Å². The third-order valence-electron chi connectivity index (χ3n) is 3.67. The molecule has 100 valence electrons. The van der Waals surface area contributed by atoms with Gasteiger partial charge < -0.3 is 10.5 Å². The fourth-order valence-electron chi connectivity index (χ4n) is 2.54. The lowest BCUT2D eigenvalue weighted by atomic mass is 9.80. The third-order valence-corrected chi connectivity index (χ3v) is 4.52. The van der Waals surface area contributed by atoms with Gasteiger partial charge in [-0.25, -0.2) is 0 Å². The van der Waals surface area contributed by atoms with Crippen molar-refractivity contribution in [2.24, 2.45) is 17.6 Å². The minimum atomic E-state index is 0.219. The Balaban J connectivity index is 2.10. The topological polar surface area (TPSA) is 35.2 Å². The van der Waals surface area contributed by atoms with E-state index in [2.05, 4.69) is 22.9 Å². The first-order chi connectivity index (χ1) is 8.60. The lowest BCUT2D eigenvalue weighted by Gasteiger charge is -2.34. The van der Waals surface area contributed by atoms with E-state index < -0.39 is 0 Å². The molecule has 1 fully saturated rings. The summed E-state index contributed by atoms with van der Waals surface area (Å²) in [6.07, 6.45) is 3.71. The quantitative estimate of drug-likeness (QED) is 0.898. The lowest BCUT2D eigenvalue weighted by molar-refractivity contribution is 0.0735. The maximum atomic E-state index is 6.13. The van der Waals surface area contributed by atoms with Gasteiger partial charge in [-0.05, 0) is 59.4 Å². The predicted molar refractivity (Wildman–Crippen MR) is 79.1 cm³/mol. The fraction of sp³-hybridized carbons (Fsp3) is 0.571. The second-order valence-electron chi connectivity index (χ2n) is 5.15. The molecule has 2 rings (SSSR count). The summed E-state index contributed by atoms with van der Waals surface area (Å²) in [6, 6.07) is 5.63. The monoisotopic (exact) mass is 331 g/mol. The molecule has 3 atom stereocenters. The highest BCUT2D eigenvalue weighted by molar-refractivity contribution is 9.10. The first-order valence-corrected chi connectivity index (χ1v) is 7.59. The summed E-state index contributed by atoms with van der Waals surface area (Å²) >= 11 is 9.42. The summed E-state index contributed by atoms with van der Waals surface area (Å²) in [5.41, 5.74) is 5.84. The molecule has 1 aliphatic rings. The number of nitrogens with two attached hydrogens (primary N) is 1. The summed E-state index contributed by atoms with van der Waals surface area (Å²) in [7, 11) is 0. The predicted octanol–water partition coefficient (Wildman–Crippen LogP) is 4.24. The van der Waals surface area contributed by atoms with Crippen molar-refractivity contribution in [3.8, 4) is 5.75 Å². The lowest BCUT2D eigenvalue weighted by Crippen LogP contribution is -2.37. The van der Waals surface area contributed by atoms with Gasteiger partial charge in [0.15, 0.2) is 0 Å². The normalized spacial score (nSPS) is 28.1. The summed E-state index contributed by atoms with van der Waals surface area (Å²) in [5.74, 6) is 2.03. The molecular weight excluding hydrogens is 314 g/mol. The van der Waals surface area contributed by atoms with Crippen LogP contribution >= 0.6 is 27.5 Å². The van der Waals surface area contributed by atoms with Gasteiger partial charge in [-0.2, -0.15) is 0 Å². The van der Waals surface area contributed by atoms with Gasteiger partial charge in [0.1, 0.15) is 11.9 Å². The maximum Gasteiger partial charge on any atom is 0.134 e. The standard InChI is InChI=1S/C14H19BrClNO/c1-9-2-3-10(8-17)14(6-9)18-13-5-4-11(16)7-12(13)15/h4-5,7,9-10,14H,2-3,6,8,17H2,1H3.